The van der Waals surface area contributed by atoms with E-state index in [0.717, 1.165) is 10.2 Å². The number of nitrogens with zero attached hydrogens (tertiary/aromatic N) is 1. The van der Waals surface area contributed by atoms with Gasteiger partial charge in [-0.2, -0.15) is 5.10 Å². The monoisotopic (exact) mass is 361 g/mol. The third-order valence-corrected chi connectivity index (χ3v) is 3.46. The van der Waals surface area contributed by atoms with Gasteiger partial charge in [0.25, 0.3) is 5.91 Å². The number of hydrogen-bond donors (Lipinski definition) is 3. The molecule has 0 aromatic heterocycles. The number of carbonyl (C=O) groups is 1. The molecule has 114 valence electrons. The number of amides is 1. The molecule has 22 heavy (non-hydrogen) atoms. The van der Waals surface area contributed by atoms with Crippen LogP contribution in [0.4, 0.5) is 5.69 Å². The van der Waals surface area contributed by atoms with Crippen LogP contribution in [0.15, 0.2) is 58.1 Å². The number of rotatable bonds is 5. The van der Waals surface area contributed by atoms with Gasteiger partial charge in [0.15, 0.2) is 0 Å². The molecule has 0 aliphatic heterocycles. The largest absolute Gasteiger partial charge is 0.507 e. The lowest BCUT2D eigenvalue weighted by Crippen LogP contribution is -2.34. The first kappa shape index (κ1) is 16.0. The van der Waals surface area contributed by atoms with Gasteiger partial charge in [0.2, 0.25) is 0 Å². The smallest absolute Gasteiger partial charge is 0.262 e. The van der Waals surface area contributed by atoms with Gasteiger partial charge >= 0.3 is 0 Å². The molecule has 5 nitrogen and oxygen atoms in total. The Hall–Kier alpha value is -2.34. The number of halogens is 1. The summed E-state index contributed by atoms with van der Waals surface area (Å²) in [5, 5.41) is 16.5. The van der Waals surface area contributed by atoms with Gasteiger partial charge in [-0.1, -0.05) is 28.1 Å². The highest BCUT2D eigenvalue weighted by Gasteiger charge is 2.11. The second-order valence-corrected chi connectivity index (χ2v) is 5.58. The molecule has 1 amide bonds. The van der Waals surface area contributed by atoms with Crippen LogP contribution in [0.25, 0.3) is 0 Å². The molecule has 0 heterocycles. The lowest BCUT2D eigenvalue weighted by atomic mass is 10.2. The molecule has 0 spiro atoms. The highest BCUT2D eigenvalue weighted by molar-refractivity contribution is 9.10. The maximum atomic E-state index is 11.9. The molecule has 0 aliphatic carbocycles. The van der Waals surface area contributed by atoms with Crippen LogP contribution >= 0.6 is 15.9 Å². The van der Waals surface area contributed by atoms with Crippen LogP contribution in [-0.4, -0.2) is 23.3 Å². The molecular weight excluding hydrogens is 346 g/mol. The Morgan fingerprint density at radius 3 is 2.59 bits per heavy atom. The van der Waals surface area contributed by atoms with Crippen LogP contribution in [-0.2, 0) is 4.79 Å². The molecule has 2 aromatic carbocycles. The number of nitrogens with one attached hydrogen (secondary N) is 2. The molecule has 0 bridgehead atoms. The van der Waals surface area contributed by atoms with E-state index in [1.807, 2.05) is 24.3 Å². The van der Waals surface area contributed by atoms with Crippen LogP contribution in [0.1, 0.15) is 12.5 Å². The first-order chi connectivity index (χ1) is 10.6. The maximum Gasteiger partial charge on any atom is 0.262 e. The average molecular weight is 362 g/mol. The molecular formula is C16H16BrN3O2. The molecule has 0 aliphatic rings. The lowest BCUT2D eigenvalue weighted by Gasteiger charge is -2.13. The van der Waals surface area contributed by atoms with Crippen molar-refractivity contribution in [3.63, 3.8) is 0 Å². The van der Waals surface area contributed by atoms with E-state index in [-0.39, 0.29) is 11.7 Å². The summed E-state index contributed by atoms with van der Waals surface area (Å²) in [5.41, 5.74) is 3.82. The highest BCUT2D eigenvalue weighted by atomic mass is 79.9. The molecule has 0 saturated carbocycles. The number of phenols is 1. The minimum Gasteiger partial charge on any atom is -0.507 e. The summed E-state index contributed by atoms with van der Waals surface area (Å²) in [6.07, 6.45) is 1.40. The van der Waals surface area contributed by atoms with E-state index < -0.39 is 6.04 Å². The number of para-hydroxylation sites is 1. The number of hydrazone groups is 1. The van der Waals surface area contributed by atoms with Gasteiger partial charge < -0.3 is 10.4 Å². The Kier molecular flexibility index (Phi) is 5.55. The molecule has 1 atom stereocenters. The van der Waals surface area contributed by atoms with E-state index in [2.05, 4.69) is 31.8 Å². The molecule has 2 aromatic rings. The van der Waals surface area contributed by atoms with E-state index in [4.69, 9.17) is 0 Å². The minimum atomic E-state index is -0.442. The standard InChI is InChI=1S/C16H16BrN3O2/c1-11(19-14-8-6-13(17)7-9-14)16(22)20-18-10-12-4-2-3-5-15(12)21/h2-11,19,21H,1H3,(H,20,22)/b18-10+. The van der Waals surface area contributed by atoms with Crippen molar-refractivity contribution >= 4 is 33.7 Å². The van der Waals surface area contributed by atoms with Gasteiger partial charge in [0.05, 0.1) is 6.21 Å². The van der Waals surface area contributed by atoms with Crippen LogP contribution in [0.5, 0.6) is 5.75 Å². The zero-order valence-corrected chi connectivity index (χ0v) is 13.5. The van der Waals surface area contributed by atoms with Gasteiger partial charge in [-0.05, 0) is 43.3 Å². The highest BCUT2D eigenvalue weighted by Crippen LogP contribution is 2.15. The summed E-state index contributed by atoms with van der Waals surface area (Å²) in [6.45, 7) is 1.74. The van der Waals surface area contributed by atoms with Crippen LogP contribution in [0, 0.1) is 0 Å². The summed E-state index contributed by atoms with van der Waals surface area (Å²) in [4.78, 5) is 11.9. The number of phenolic OH excluding ortho intramolecular Hbond substituents is 1. The van der Waals surface area contributed by atoms with Crippen LogP contribution in [0.3, 0.4) is 0 Å². The predicted molar refractivity (Wildman–Crippen MR) is 91.1 cm³/mol. The van der Waals surface area contributed by atoms with Gasteiger partial charge in [0.1, 0.15) is 11.8 Å². The van der Waals surface area contributed by atoms with Crippen LogP contribution < -0.4 is 10.7 Å². The number of hydrogen-bond acceptors (Lipinski definition) is 4. The van der Waals surface area contributed by atoms with Crippen molar-refractivity contribution in [3.8, 4) is 5.75 Å². The molecule has 6 heteroatoms. The SMILES string of the molecule is CC(Nc1ccc(Br)cc1)C(=O)N/N=C/c1ccccc1O. The zero-order chi connectivity index (χ0) is 15.9. The first-order valence-corrected chi connectivity index (χ1v) is 7.48. The summed E-state index contributed by atoms with van der Waals surface area (Å²) in [6, 6.07) is 13.8. The van der Waals surface area contributed by atoms with E-state index in [0.29, 0.717) is 5.56 Å². The molecule has 1 unspecified atom stereocenters. The van der Waals surface area contributed by atoms with Crippen molar-refractivity contribution in [1.82, 2.24) is 5.43 Å². The van der Waals surface area contributed by atoms with Crippen LogP contribution in [0.2, 0.25) is 0 Å². The second kappa shape index (κ2) is 7.61. The summed E-state index contributed by atoms with van der Waals surface area (Å²) >= 11 is 3.36. The quantitative estimate of drug-likeness (QED) is 0.565. The van der Waals surface area contributed by atoms with Gasteiger partial charge in [0, 0.05) is 15.7 Å². The first-order valence-electron chi connectivity index (χ1n) is 6.69. The Bertz CT molecular complexity index is 671. The molecule has 0 saturated heterocycles. The molecule has 0 radical (unpaired) electrons. The van der Waals surface area contributed by atoms with Crippen molar-refractivity contribution in [2.45, 2.75) is 13.0 Å². The van der Waals surface area contributed by atoms with Gasteiger partial charge in [-0.3, -0.25) is 4.79 Å². The second-order valence-electron chi connectivity index (χ2n) is 4.67. The number of carbonyl (C=O) groups excluding carboxylic acids is 1. The van der Waals surface area contributed by atoms with Crippen molar-refractivity contribution in [3.05, 3.63) is 58.6 Å². The fourth-order valence-corrected chi connectivity index (χ4v) is 1.98. The van der Waals surface area contributed by atoms with Gasteiger partial charge in [-0.25, -0.2) is 5.43 Å². The Morgan fingerprint density at radius 1 is 1.23 bits per heavy atom. The topological polar surface area (TPSA) is 73.7 Å². The lowest BCUT2D eigenvalue weighted by molar-refractivity contribution is -0.121. The number of aromatic hydroxyl groups is 1. The van der Waals surface area contributed by atoms with E-state index in [9.17, 15) is 9.90 Å². The van der Waals surface area contributed by atoms with Crippen molar-refractivity contribution in [1.29, 1.82) is 0 Å². The Balaban J connectivity index is 1.89. The molecule has 0 fully saturated rings. The average Bonchev–Trinajstić information content (AvgIpc) is 2.51. The maximum absolute atomic E-state index is 11.9. The predicted octanol–water partition coefficient (Wildman–Crippen LogP) is 3.11. The van der Waals surface area contributed by atoms with Gasteiger partial charge in [-0.15, -0.1) is 0 Å². The van der Waals surface area contributed by atoms with Crippen molar-refractivity contribution in [2.75, 3.05) is 5.32 Å². The molecule has 2 rings (SSSR count). The van der Waals surface area contributed by atoms with E-state index in [1.54, 1.807) is 31.2 Å². The molecule has 3 N–H and O–H groups in total. The Morgan fingerprint density at radius 2 is 1.91 bits per heavy atom. The van der Waals surface area contributed by atoms with Crippen molar-refractivity contribution in [2.24, 2.45) is 5.10 Å². The fraction of sp³-hybridized carbons (Fsp3) is 0.125. The van der Waals surface area contributed by atoms with E-state index >= 15 is 0 Å². The summed E-state index contributed by atoms with van der Waals surface area (Å²) in [5.74, 6) is -0.156. The third kappa shape index (κ3) is 4.60. The Labute approximate surface area is 137 Å². The summed E-state index contributed by atoms with van der Waals surface area (Å²) < 4.78 is 0.974. The minimum absolute atomic E-state index is 0.113. The number of benzene rings is 2. The third-order valence-electron chi connectivity index (χ3n) is 2.94. The van der Waals surface area contributed by atoms with Crippen molar-refractivity contribution < 1.29 is 9.90 Å². The normalized spacial score (nSPS) is 12.1. The zero-order valence-electron chi connectivity index (χ0n) is 12.0. The fourth-order valence-electron chi connectivity index (χ4n) is 1.72. The van der Waals surface area contributed by atoms with E-state index in [1.165, 1.54) is 6.21 Å². The number of anilines is 1. The summed E-state index contributed by atoms with van der Waals surface area (Å²) in [7, 11) is 0.